The minimum absolute atomic E-state index is 0. The van der Waals surface area contributed by atoms with Gasteiger partial charge in [0, 0.05) is 19.5 Å². The summed E-state index contributed by atoms with van der Waals surface area (Å²) < 4.78 is 0. The van der Waals surface area contributed by atoms with Crippen molar-refractivity contribution in [2.45, 2.75) is 32.6 Å². The van der Waals surface area contributed by atoms with Gasteiger partial charge in [0.2, 0.25) is 0 Å². The van der Waals surface area contributed by atoms with Crippen LogP contribution >= 0.6 is 0 Å². The molecule has 1 unspecified atom stereocenters. The third kappa shape index (κ3) is 2.83. The second kappa shape index (κ2) is 4.90. The fourth-order valence-electron chi connectivity index (χ4n) is 1.24. The van der Waals surface area contributed by atoms with Crippen LogP contribution in [0.4, 0.5) is 0 Å². The Hall–Kier alpha value is 0.163. The quantitative estimate of drug-likeness (QED) is 0.456. The Labute approximate surface area is 75.3 Å². The van der Waals surface area contributed by atoms with Crippen molar-refractivity contribution in [2.24, 2.45) is 5.92 Å². The molecule has 54 valence electrons. The normalized spacial score (nSPS) is 24.9. The molecule has 0 spiro atoms. The van der Waals surface area contributed by atoms with Gasteiger partial charge in [-0.05, 0) is 18.6 Å². The van der Waals surface area contributed by atoms with Crippen molar-refractivity contribution in [2.75, 3.05) is 0 Å². The van der Waals surface area contributed by atoms with Crippen LogP contribution in [0.3, 0.4) is 0 Å². The maximum absolute atomic E-state index is 10.7. The molecule has 0 radical (unpaired) electrons. The summed E-state index contributed by atoms with van der Waals surface area (Å²) in [6.45, 7) is 2.19. The zero-order chi connectivity index (χ0) is 6.69. The first-order valence-corrected chi connectivity index (χ1v) is 3.69. The second-order valence-electron chi connectivity index (χ2n) is 2.72. The van der Waals surface area contributed by atoms with E-state index in [1.54, 1.807) is 0 Å². The van der Waals surface area contributed by atoms with Crippen LogP contribution in [0.15, 0.2) is 0 Å². The molecule has 0 aromatic rings. The number of hydrogen-bond acceptors (Lipinski definition) is 1. The number of carbonyl (C=O) groups excluding carboxylic acids is 1. The van der Waals surface area contributed by atoms with E-state index in [1.165, 1.54) is 6.42 Å². The summed E-state index contributed by atoms with van der Waals surface area (Å²) in [6, 6.07) is 0. The van der Waals surface area contributed by atoms with Crippen LogP contribution in [-0.4, -0.2) is 5.78 Å². The van der Waals surface area contributed by atoms with Gasteiger partial charge in [0.1, 0.15) is 0 Å². The number of hydrogen-bond donors (Lipinski definition) is 0. The van der Waals surface area contributed by atoms with Crippen molar-refractivity contribution in [3.05, 3.63) is 6.42 Å². The molecule has 0 bridgehead atoms. The minimum Gasteiger partial charge on any atom is -0.334 e. The Kier molecular flexibility index (Phi) is 4.98. The topological polar surface area (TPSA) is 17.1 Å². The van der Waals surface area contributed by atoms with Gasteiger partial charge in [0.25, 0.3) is 0 Å². The maximum atomic E-state index is 10.7. The van der Waals surface area contributed by atoms with Gasteiger partial charge in [-0.1, -0.05) is 19.3 Å². The zero-order valence-corrected chi connectivity index (χ0v) is 9.57. The summed E-state index contributed by atoms with van der Waals surface area (Å²) in [7, 11) is 0. The molecule has 1 rings (SSSR count). The van der Waals surface area contributed by atoms with Gasteiger partial charge in [-0.15, -0.1) is 0 Å². The van der Waals surface area contributed by atoms with Crippen molar-refractivity contribution < 1.29 is 24.3 Å². The molecule has 0 saturated heterocycles. The molecule has 0 aromatic carbocycles. The molecule has 0 heterocycles. The third-order valence-electron chi connectivity index (χ3n) is 2.06. The molecule has 0 aromatic heterocycles. The summed E-state index contributed by atoms with van der Waals surface area (Å²) in [5.74, 6) is 1.14. The molecule has 1 aliphatic carbocycles. The molecule has 1 aliphatic rings. The van der Waals surface area contributed by atoms with E-state index in [4.69, 9.17) is 0 Å². The Balaban J connectivity index is 0.000000810. The van der Waals surface area contributed by atoms with Crippen LogP contribution < -0.4 is 0 Å². The number of carbonyl (C=O) groups is 1. The second-order valence-corrected chi connectivity index (χ2v) is 2.72. The first-order valence-electron chi connectivity index (χ1n) is 3.69. The predicted molar refractivity (Wildman–Crippen MR) is 36.9 cm³/mol. The SMILES string of the molecule is CCC1C[CH-]C(=O)CC1.[Zn]. The summed E-state index contributed by atoms with van der Waals surface area (Å²) in [4.78, 5) is 10.7. The Morgan fingerprint density at radius 3 is 2.80 bits per heavy atom. The van der Waals surface area contributed by atoms with E-state index in [-0.39, 0.29) is 19.5 Å². The minimum atomic E-state index is 0. The van der Waals surface area contributed by atoms with E-state index in [9.17, 15) is 4.79 Å². The van der Waals surface area contributed by atoms with Crippen molar-refractivity contribution in [1.82, 2.24) is 0 Å². The van der Waals surface area contributed by atoms with Gasteiger partial charge in [0.05, 0.1) is 0 Å². The van der Waals surface area contributed by atoms with Crippen molar-refractivity contribution >= 4 is 5.78 Å². The molecular formula is C8H13OZn-. The molecule has 1 saturated carbocycles. The Bertz CT molecular complexity index is 102. The number of ketones is 1. The summed E-state index contributed by atoms with van der Waals surface area (Å²) >= 11 is 0. The van der Waals surface area contributed by atoms with E-state index >= 15 is 0 Å². The number of rotatable bonds is 1. The summed E-state index contributed by atoms with van der Waals surface area (Å²) in [6.07, 6.45) is 6.00. The van der Waals surface area contributed by atoms with E-state index in [0.29, 0.717) is 5.78 Å². The van der Waals surface area contributed by atoms with Gasteiger partial charge in [-0.2, -0.15) is 6.42 Å². The Morgan fingerprint density at radius 2 is 2.40 bits per heavy atom. The average molecular weight is 191 g/mol. The van der Waals surface area contributed by atoms with Crippen molar-refractivity contribution in [3.63, 3.8) is 0 Å². The monoisotopic (exact) mass is 189 g/mol. The smallest absolute Gasteiger partial charge is 0 e. The third-order valence-corrected chi connectivity index (χ3v) is 2.06. The first kappa shape index (κ1) is 10.2. The maximum Gasteiger partial charge on any atom is 0 e. The van der Waals surface area contributed by atoms with Gasteiger partial charge >= 0.3 is 0 Å². The molecule has 1 nitrogen and oxygen atoms in total. The molecule has 0 aliphatic heterocycles. The first-order chi connectivity index (χ1) is 4.33. The molecule has 2 heteroatoms. The van der Waals surface area contributed by atoms with E-state index < -0.39 is 0 Å². The van der Waals surface area contributed by atoms with E-state index in [0.717, 1.165) is 25.2 Å². The molecule has 10 heavy (non-hydrogen) atoms. The van der Waals surface area contributed by atoms with Crippen LogP contribution in [0, 0.1) is 12.3 Å². The summed E-state index contributed by atoms with van der Waals surface area (Å²) in [5, 5.41) is 0. The predicted octanol–water partition coefficient (Wildman–Crippen LogP) is 1.97. The van der Waals surface area contributed by atoms with E-state index in [2.05, 4.69) is 6.92 Å². The van der Waals surface area contributed by atoms with Crippen LogP contribution in [0.25, 0.3) is 0 Å². The standard InChI is InChI=1S/C8H13O.Zn/c1-2-7-3-5-8(9)6-4-7;/h5,7H,2-4,6H2,1H3;/q-1;. The van der Waals surface area contributed by atoms with Crippen LogP contribution in [0.2, 0.25) is 0 Å². The van der Waals surface area contributed by atoms with Gasteiger partial charge in [-0.3, -0.25) is 0 Å². The van der Waals surface area contributed by atoms with Crippen LogP contribution in [0.1, 0.15) is 32.6 Å². The summed E-state index contributed by atoms with van der Waals surface area (Å²) in [5.41, 5.74) is 0. The molecular weight excluding hydrogens is 177 g/mol. The van der Waals surface area contributed by atoms with Crippen molar-refractivity contribution in [3.8, 4) is 0 Å². The van der Waals surface area contributed by atoms with Gasteiger partial charge < -0.3 is 11.2 Å². The number of Topliss-reactive ketones (excluding diaryl/α,β-unsaturated/α-hetero) is 1. The molecule has 1 fully saturated rings. The Morgan fingerprint density at radius 1 is 1.70 bits per heavy atom. The van der Waals surface area contributed by atoms with Crippen molar-refractivity contribution in [1.29, 1.82) is 0 Å². The average Bonchev–Trinajstić information content (AvgIpc) is 1.90. The van der Waals surface area contributed by atoms with Gasteiger partial charge in [0.15, 0.2) is 0 Å². The zero-order valence-electron chi connectivity index (χ0n) is 6.60. The fraction of sp³-hybridized carbons (Fsp3) is 0.750. The van der Waals surface area contributed by atoms with Crippen LogP contribution in [0.5, 0.6) is 0 Å². The largest absolute Gasteiger partial charge is 0.334 e. The molecule has 0 amide bonds. The fourth-order valence-corrected chi connectivity index (χ4v) is 1.24. The van der Waals surface area contributed by atoms with E-state index in [1.807, 2.05) is 6.42 Å². The molecule has 0 N–H and O–H groups in total. The van der Waals surface area contributed by atoms with Gasteiger partial charge in [-0.25, -0.2) is 0 Å². The molecule has 1 atom stereocenters. The van der Waals surface area contributed by atoms with Crippen LogP contribution in [-0.2, 0) is 24.3 Å².